The summed E-state index contributed by atoms with van der Waals surface area (Å²) in [6, 6.07) is 52.5. The summed E-state index contributed by atoms with van der Waals surface area (Å²) in [7, 11) is 0. The summed E-state index contributed by atoms with van der Waals surface area (Å²) in [5.41, 5.74) is 5.29. The van der Waals surface area contributed by atoms with Crippen LogP contribution >= 0.6 is 0 Å². The van der Waals surface area contributed by atoms with Gasteiger partial charge in [0, 0.05) is 13.0 Å². The van der Waals surface area contributed by atoms with Crippen molar-refractivity contribution in [2.24, 2.45) is 0 Å². The predicted octanol–water partition coefficient (Wildman–Crippen LogP) is 7.80. The van der Waals surface area contributed by atoms with E-state index in [1.54, 1.807) is 0 Å². The Hall–Kier alpha value is -4.65. The standard InChI is InChI=1S/C44H46N2O5/c45-27-39(46-28-34-16-6-1-7-17-34)26-40-42(48-30-36-20-10-3-11-21-36)44(50-32-38-24-14-5-15-25-38)43(49-31-37-22-12-4-13-23-37)41(51-40)33-47-29-35-18-8-2-9-19-35/h1-25,39-44,46H,26,28-33H2/t39-,40+,41+,42+,43-,44+/m0/s1. The first-order chi connectivity index (χ1) is 25.2. The first kappa shape index (κ1) is 36.2. The number of nitrogens with zero attached hydrogens (tertiary/aromatic N) is 1. The summed E-state index contributed by atoms with van der Waals surface area (Å²) < 4.78 is 33.7. The predicted molar refractivity (Wildman–Crippen MR) is 197 cm³/mol. The molecule has 0 aromatic heterocycles. The Kier molecular flexibility index (Phi) is 13.9. The highest BCUT2D eigenvalue weighted by Crippen LogP contribution is 2.33. The number of benzene rings is 5. The molecule has 51 heavy (non-hydrogen) atoms. The maximum absolute atomic E-state index is 10.4. The van der Waals surface area contributed by atoms with Gasteiger partial charge in [0.1, 0.15) is 24.4 Å². The van der Waals surface area contributed by atoms with E-state index in [9.17, 15) is 5.26 Å². The summed E-state index contributed by atoms with van der Waals surface area (Å²) in [4.78, 5) is 0. The van der Waals surface area contributed by atoms with Crippen LogP contribution in [0.5, 0.6) is 0 Å². The lowest BCUT2D eigenvalue weighted by molar-refractivity contribution is -0.274. The average Bonchev–Trinajstić information content (AvgIpc) is 3.19. The second-order valence-electron chi connectivity index (χ2n) is 12.8. The minimum absolute atomic E-state index is 0.274. The molecule has 1 saturated heterocycles. The molecule has 0 aliphatic carbocycles. The van der Waals surface area contributed by atoms with Crippen LogP contribution in [-0.2, 0) is 56.7 Å². The molecule has 0 unspecified atom stereocenters. The Balaban J connectivity index is 1.30. The Morgan fingerprint density at radius 1 is 0.510 bits per heavy atom. The topological polar surface area (TPSA) is 82.0 Å². The fourth-order valence-corrected chi connectivity index (χ4v) is 6.33. The van der Waals surface area contributed by atoms with Crippen molar-refractivity contribution in [3.8, 4) is 6.07 Å². The van der Waals surface area contributed by atoms with Gasteiger partial charge in [-0.3, -0.25) is 5.32 Å². The van der Waals surface area contributed by atoms with E-state index in [-0.39, 0.29) is 6.61 Å². The molecular weight excluding hydrogens is 636 g/mol. The van der Waals surface area contributed by atoms with Crippen LogP contribution in [0.1, 0.15) is 34.2 Å². The number of nitrogens with one attached hydrogen (secondary N) is 1. The molecular formula is C44H46N2O5. The minimum atomic E-state index is -0.547. The maximum atomic E-state index is 10.4. The second kappa shape index (κ2) is 19.7. The van der Waals surface area contributed by atoms with E-state index in [0.29, 0.717) is 39.4 Å². The summed E-state index contributed by atoms with van der Waals surface area (Å²) in [5, 5.41) is 13.8. The fraction of sp³-hybridized carbons (Fsp3) is 0.295. The summed E-state index contributed by atoms with van der Waals surface area (Å²) in [5.74, 6) is 0. The van der Waals surface area contributed by atoms with Gasteiger partial charge in [-0.15, -0.1) is 0 Å². The van der Waals surface area contributed by atoms with E-state index < -0.39 is 36.6 Å². The SMILES string of the molecule is N#C[C@H](C[C@H]1O[C@H](COCc2ccccc2)[C@H](OCc2ccccc2)[C@H](OCc2ccccc2)[C@@H]1OCc1ccccc1)NCc1ccccc1. The molecule has 1 heterocycles. The van der Waals surface area contributed by atoms with Crippen LogP contribution in [-0.4, -0.2) is 43.2 Å². The molecule has 7 heteroatoms. The normalized spacial score (nSPS) is 20.7. The highest BCUT2D eigenvalue weighted by Gasteiger charge is 2.49. The molecule has 6 rings (SSSR count). The third-order valence-corrected chi connectivity index (χ3v) is 9.00. The van der Waals surface area contributed by atoms with Crippen molar-refractivity contribution in [3.63, 3.8) is 0 Å². The van der Waals surface area contributed by atoms with Gasteiger partial charge in [-0.05, 0) is 27.8 Å². The van der Waals surface area contributed by atoms with Gasteiger partial charge in [-0.1, -0.05) is 152 Å². The third kappa shape index (κ3) is 11.2. The maximum Gasteiger partial charge on any atom is 0.115 e. The lowest BCUT2D eigenvalue weighted by Crippen LogP contribution is -2.62. The Labute approximate surface area is 301 Å². The van der Waals surface area contributed by atoms with E-state index in [2.05, 4.69) is 23.5 Å². The zero-order chi connectivity index (χ0) is 34.9. The van der Waals surface area contributed by atoms with Gasteiger partial charge in [0.2, 0.25) is 0 Å². The molecule has 5 aromatic carbocycles. The van der Waals surface area contributed by atoms with E-state index >= 15 is 0 Å². The van der Waals surface area contributed by atoms with Crippen LogP contribution in [0.2, 0.25) is 0 Å². The summed E-state index contributed by atoms with van der Waals surface area (Å²) in [6.45, 7) is 2.34. The van der Waals surface area contributed by atoms with Crippen LogP contribution in [0.4, 0.5) is 0 Å². The van der Waals surface area contributed by atoms with Crippen molar-refractivity contribution < 1.29 is 23.7 Å². The van der Waals surface area contributed by atoms with Crippen molar-refractivity contribution in [2.45, 2.75) is 76.0 Å². The van der Waals surface area contributed by atoms with Crippen molar-refractivity contribution in [1.82, 2.24) is 5.32 Å². The lowest BCUT2D eigenvalue weighted by atomic mass is 9.90. The van der Waals surface area contributed by atoms with Crippen molar-refractivity contribution in [2.75, 3.05) is 6.61 Å². The molecule has 1 aliphatic heterocycles. The van der Waals surface area contributed by atoms with E-state index in [1.165, 1.54) is 0 Å². The minimum Gasteiger partial charge on any atom is -0.374 e. The lowest BCUT2D eigenvalue weighted by Gasteiger charge is -2.46. The Morgan fingerprint density at radius 2 is 0.902 bits per heavy atom. The molecule has 1 N–H and O–H groups in total. The molecule has 6 atom stereocenters. The van der Waals surface area contributed by atoms with E-state index in [0.717, 1.165) is 27.8 Å². The zero-order valence-corrected chi connectivity index (χ0v) is 28.8. The first-order valence-electron chi connectivity index (χ1n) is 17.7. The van der Waals surface area contributed by atoms with Crippen molar-refractivity contribution >= 4 is 0 Å². The Morgan fingerprint density at radius 3 is 1.35 bits per heavy atom. The molecule has 0 radical (unpaired) electrons. The molecule has 7 nitrogen and oxygen atoms in total. The average molecular weight is 683 g/mol. The monoisotopic (exact) mass is 682 g/mol. The van der Waals surface area contributed by atoms with Gasteiger partial charge in [0.15, 0.2) is 0 Å². The van der Waals surface area contributed by atoms with E-state index in [1.807, 2.05) is 140 Å². The number of ether oxygens (including phenoxy) is 5. The molecule has 0 spiro atoms. The summed E-state index contributed by atoms with van der Waals surface area (Å²) in [6.07, 6.45) is -2.21. The van der Waals surface area contributed by atoms with Crippen LogP contribution < -0.4 is 5.32 Å². The largest absolute Gasteiger partial charge is 0.374 e. The van der Waals surface area contributed by atoms with Crippen molar-refractivity contribution in [3.05, 3.63) is 179 Å². The third-order valence-electron chi connectivity index (χ3n) is 9.00. The summed E-state index contributed by atoms with van der Waals surface area (Å²) >= 11 is 0. The first-order valence-corrected chi connectivity index (χ1v) is 17.7. The number of hydrogen-bond donors (Lipinski definition) is 1. The molecule has 262 valence electrons. The van der Waals surface area contributed by atoms with Gasteiger partial charge in [0.05, 0.1) is 51.2 Å². The second-order valence-corrected chi connectivity index (χ2v) is 12.8. The van der Waals surface area contributed by atoms with Crippen LogP contribution in [0, 0.1) is 11.3 Å². The number of rotatable bonds is 18. The quantitative estimate of drug-likeness (QED) is 0.101. The Bertz CT molecular complexity index is 1720. The molecule has 1 aliphatic rings. The zero-order valence-electron chi connectivity index (χ0n) is 28.8. The van der Waals surface area contributed by atoms with E-state index in [4.69, 9.17) is 23.7 Å². The molecule has 0 amide bonds. The highest BCUT2D eigenvalue weighted by molar-refractivity contribution is 5.18. The van der Waals surface area contributed by atoms with Gasteiger partial charge >= 0.3 is 0 Å². The highest BCUT2D eigenvalue weighted by atomic mass is 16.6. The van der Waals surface area contributed by atoms with Gasteiger partial charge in [-0.2, -0.15) is 5.26 Å². The molecule has 5 aromatic rings. The van der Waals surface area contributed by atoms with Crippen molar-refractivity contribution in [1.29, 1.82) is 5.26 Å². The smallest absolute Gasteiger partial charge is 0.115 e. The van der Waals surface area contributed by atoms with Gasteiger partial charge in [-0.25, -0.2) is 0 Å². The van der Waals surface area contributed by atoms with Crippen LogP contribution in [0.3, 0.4) is 0 Å². The van der Waals surface area contributed by atoms with Gasteiger partial charge in [0.25, 0.3) is 0 Å². The fourth-order valence-electron chi connectivity index (χ4n) is 6.33. The number of hydrogen-bond acceptors (Lipinski definition) is 7. The number of nitriles is 1. The molecule has 1 fully saturated rings. The molecule has 0 bridgehead atoms. The van der Waals surface area contributed by atoms with Gasteiger partial charge < -0.3 is 23.7 Å². The van der Waals surface area contributed by atoms with Crippen LogP contribution in [0.25, 0.3) is 0 Å². The van der Waals surface area contributed by atoms with Crippen LogP contribution in [0.15, 0.2) is 152 Å². The molecule has 0 saturated carbocycles.